The molecular weight excluding hydrogens is 548 g/mol. The van der Waals surface area contributed by atoms with Crippen molar-refractivity contribution in [2.24, 2.45) is 11.8 Å². The molecule has 11 nitrogen and oxygen atoms in total. The van der Waals surface area contributed by atoms with E-state index in [0.29, 0.717) is 29.9 Å². The van der Waals surface area contributed by atoms with Crippen LogP contribution in [0.15, 0.2) is 48.5 Å². The summed E-state index contributed by atoms with van der Waals surface area (Å²) in [4.78, 5) is 0. The Labute approximate surface area is 244 Å². The van der Waals surface area contributed by atoms with Crippen LogP contribution in [0.25, 0.3) is 0 Å². The fourth-order valence-electron chi connectivity index (χ4n) is 5.30. The summed E-state index contributed by atoms with van der Waals surface area (Å²) in [5.41, 5.74) is 2.00. The van der Waals surface area contributed by atoms with Gasteiger partial charge in [0.05, 0.1) is 47.8 Å². The average Bonchev–Trinajstić information content (AvgIpc) is 3.42. The van der Waals surface area contributed by atoms with Crippen LogP contribution in [0.1, 0.15) is 28.9 Å². The fraction of sp³-hybridized carbons (Fsp3) is 0.419. The highest BCUT2D eigenvalue weighted by Crippen LogP contribution is 2.47. The van der Waals surface area contributed by atoms with Crippen molar-refractivity contribution in [2.45, 2.75) is 24.7 Å². The molecule has 0 unspecified atom stereocenters. The Morgan fingerprint density at radius 3 is 1.98 bits per heavy atom. The number of methoxy groups -OCH3 is 4. The summed E-state index contributed by atoms with van der Waals surface area (Å²) in [5, 5.41) is 51.3. The van der Waals surface area contributed by atoms with Gasteiger partial charge in [-0.1, -0.05) is 12.1 Å². The first-order chi connectivity index (χ1) is 20.3. The van der Waals surface area contributed by atoms with Gasteiger partial charge in [0.2, 0.25) is 5.75 Å². The van der Waals surface area contributed by atoms with Crippen LogP contribution in [-0.4, -0.2) is 79.9 Å². The minimum Gasteiger partial charge on any atom is -0.504 e. The molecule has 0 bridgehead atoms. The molecule has 1 aliphatic rings. The largest absolute Gasteiger partial charge is 0.504 e. The fourth-order valence-corrected chi connectivity index (χ4v) is 5.30. The number of aromatic hydroxyl groups is 2. The molecule has 228 valence electrons. The third kappa shape index (κ3) is 6.44. The number of aliphatic hydroxyl groups excluding tert-OH is 3. The number of hydrogen-bond donors (Lipinski definition) is 5. The minimum absolute atomic E-state index is 0.0154. The number of phenols is 2. The van der Waals surface area contributed by atoms with E-state index in [1.54, 1.807) is 24.3 Å². The molecule has 1 heterocycles. The molecule has 4 rings (SSSR count). The molecule has 0 spiro atoms. The van der Waals surface area contributed by atoms with Gasteiger partial charge in [-0.2, -0.15) is 0 Å². The van der Waals surface area contributed by atoms with Crippen LogP contribution < -0.4 is 23.7 Å². The number of benzene rings is 3. The van der Waals surface area contributed by atoms with Gasteiger partial charge in [-0.05, 0) is 65.4 Å². The highest BCUT2D eigenvalue weighted by molar-refractivity contribution is 5.55. The quantitative estimate of drug-likeness (QED) is 0.200. The van der Waals surface area contributed by atoms with Crippen LogP contribution in [-0.2, 0) is 11.2 Å². The average molecular weight is 587 g/mol. The lowest BCUT2D eigenvalue weighted by Gasteiger charge is -2.27. The third-order valence-electron chi connectivity index (χ3n) is 7.60. The van der Waals surface area contributed by atoms with Crippen molar-refractivity contribution in [3.8, 4) is 40.2 Å². The number of aliphatic hydroxyl groups is 3. The predicted octanol–water partition coefficient (Wildman–Crippen LogP) is 3.14. The molecule has 0 aliphatic carbocycles. The molecule has 0 aromatic heterocycles. The lowest BCUT2D eigenvalue weighted by Crippen LogP contribution is -2.29. The molecule has 5 N–H and O–H groups in total. The Hall–Kier alpha value is -3.90. The van der Waals surface area contributed by atoms with Crippen molar-refractivity contribution in [3.05, 3.63) is 65.2 Å². The Kier molecular flexibility index (Phi) is 10.2. The normalized spacial score (nSPS) is 19.6. The Morgan fingerprint density at radius 2 is 1.40 bits per heavy atom. The molecule has 42 heavy (non-hydrogen) atoms. The van der Waals surface area contributed by atoms with Crippen LogP contribution in [0.2, 0.25) is 0 Å². The van der Waals surface area contributed by atoms with E-state index in [0.717, 1.165) is 5.56 Å². The van der Waals surface area contributed by atoms with Gasteiger partial charge in [0.25, 0.3) is 0 Å². The van der Waals surface area contributed by atoms with E-state index in [1.165, 1.54) is 46.6 Å². The maximum absolute atomic E-state index is 11.0. The highest BCUT2D eigenvalue weighted by Gasteiger charge is 2.39. The highest BCUT2D eigenvalue weighted by atomic mass is 16.6. The number of hydrogen-bond acceptors (Lipinski definition) is 11. The van der Waals surface area contributed by atoms with E-state index in [4.69, 9.17) is 28.4 Å². The van der Waals surface area contributed by atoms with Gasteiger partial charge in [0.15, 0.2) is 40.6 Å². The molecule has 1 fully saturated rings. The number of phenolic OH excluding ortho intramolecular Hbond substituents is 2. The van der Waals surface area contributed by atoms with Crippen LogP contribution in [0, 0.1) is 11.8 Å². The van der Waals surface area contributed by atoms with Gasteiger partial charge < -0.3 is 54.0 Å². The molecule has 1 aliphatic heterocycles. The minimum atomic E-state index is -1.28. The van der Waals surface area contributed by atoms with Crippen LogP contribution in [0.5, 0.6) is 40.2 Å². The van der Waals surface area contributed by atoms with Crippen molar-refractivity contribution in [1.82, 2.24) is 0 Å². The van der Waals surface area contributed by atoms with Gasteiger partial charge >= 0.3 is 0 Å². The van der Waals surface area contributed by atoms with Crippen molar-refractivity contribution in [2.75, 3.05) is 48.3 Å². The Balaban J connectivity index is 1.58. The van der Waals surface area contributed by atoms with Gasteiger partial charge in [0, 0.05) is 12.5 Å². The van der Waals surface area contributed by atoms with E-state index >= 15 is 0 Å². The summed E-state index contributed by atoms with van der Waals surface area (Å²) in [6.45, 7) is -0.264. The van der Waals surface area contributed by atoms with Gasteiger partial charge in [-0.15, -0.1) is 0 Å². The molecule has 3 aromatic rings. The van der Waals surface area contributed by atoms with E-state index < -0.39 is 24.9 Å². The molecule has 0 saturated carbocycles. The standard InChI is InChI=1S/C31H38O11/c1-37-24-10-17(5-7-22(24)34)9-20-16-41-30(21(20)14-32)19-12-26(39-3)31(27(13-19)40-4)42-28(15-33)29(36)18-6-8-23(35)25(11-18)38-2/h5-8,10-13,20-21,28-30,32-36H,9,14-16H2,1-4H3/t20-,21-,28+,29+,30+/m1/s1. The number of ether oxygens (including phenoxy) is 6. The maximum atomic E-state index is 11.0. The van der Waals surface area contributed by atoms with Crippen molar-refractivity contribution >= 4 is 0 Å². The van der Waals surface area contributed by atoms with Gasteiger partial charge in [-0.3, -0.25) is 0 Å². The first kappa shape index (κ1) is 31.0. The lowest BCUT2D eigenvalue weighted by atomic mass is 9.84. The summed E-state index contributed by atoms with van der Waals surface area (Å²) in [6.07, 6.45) is -2.27. The first-order valence-electron chi connectivity index (χ1n) is 13.4. The topological polar surface area (TPSA) is 157 Å². The zero-order valence-corrected chi connectivity index (χ0v) is 24.0. The van der Waals surface area contributed by atoms with Gasteiger partial charge in [-0.25, -0.2) is 0 Å². The second kappa shape index (κ2) is 13.8. The molecule has 3 aromatic carbocycles. The summed E-state index contributed by atoms with van der Waals surface area (Å²) >= 11 is 0. The zero-order valence-electron chi connectivity index (χ0n) is 24.0. The molecule has 0 radical (unpaired) electrons. The molecule has 5 atom stereocenters. The Morgan fingerprint density at radius 1 is 0.810 bits per heavy atom. The van der Waals surface area contributed by atoms with Crippen molar-refractivity contribution in [1.29, 1.82) is 0 Å². The monoisotopic (exact) mass is 586 g/mol. The second-order valence-corrected chi connectivity index (χ2v) is 10.0. The van der Waals surface area contributed by atoms with E-state index in [9.17, 15) is 25.5 Å². The first-order valence-corrected chi connectivity index (χ1v) is 13.4. The van der Waals surface area contributed by atoms with Crippen LogP contribution >= 0.6 is 0 Å². The smallest absolute Gasteiger partial charge is 0.204 e. The van der Waals surface area contributed by atoms with Crippen LogP contribution in [0.3, 0.4) is 0 Å². The summed E-state index contributed by atoms with van der Waals surface area (Å²) in [7, 11) is 5.80. The zero-order chi connectivity index (χ0) is 30.4. The van der Waals surface area contributed by atoms with E-state index in [2.05, 4.69) is 0 Å². The molecule has 0 amide bonds. The summed E-state index contributed by atoms with van der Waals surface area (Å²) in [5.74, 6) is 0.982. The molecule has 11 heteroatoms. The SMILES string of the molecule is COc1cc(C[C@@H]2CO[C@@H](c3cc(OC)c(O[C@@H](CO)[C@@H](O)c4ccc(O)c(OC)c4)c(OC)c3)[C@@H]2CO)ccc1O. The van der Waals surface area contributed by atoms with Crippen molar-refractivity contribution < 1.29 is 54.0 Å². The van der Waals surface area contributed by atoms with Gasteiger partial charge in [0.1, 0.15) is 6.10 Å². The lowest BCUT2D eigenvalue weighted by molar-refractivity contribution is -0.00186. The maximum Gasteiger partial charge on any atom is 0.204 e. The van der Waals surface area contributed by atoms with Crippen molar-refractivity contribution in [3.63, 3.8) is 0 Å². The number of rotatable bonds is 13. The second-order valence-electron chi connectivity index (χ2n) is 10.0. The Bertz CT molecular complexity index is 1320. The predicted molar refractivity (Wildman–Crippen MR) is 152 cm³/mol. The van der Waals surface area contributed by atoms with E-state index in [1.807, 2.05) is 6.07 Å². The molecule has 1 saturated heterocycles. The summed E-state index contributed by atoms with van der Waals surface area (Å²) < 4.78 is 33.8. The van der Waals surface area contributed by atoms with E-state index in [-0.39, 0.29) is 52.9 Å². The van der Waals surface area contributed by atoms with Crippen LogP contribution in [0.4, 0.5) is 0 Å². The molecular formula is C31H38O11. The summed E-state index contributed by atoms with van der Waals surface area (Å²) in [6, 6.07) is 13.0. The third-order valence-corrected chi connectivity index (χ3v) is 7.60.